The molecule has 0 heterocycles. The molecule has 3 nitrogen and oxygen atoms in total. The van der Waals surface area contributed by atoms with E-state index in [9.17, 15) is 4.79 Å². The van der Waals surface area contributed by atoms with Gasteiger partial charge in [-0.05, 0) is 12.0 Å². The lowest BCUT2D eigenvalue weighted by molar-refractivity contribution is -0.113. The SMILES string of the molecule is N=C(N)C(=O)CCc1ccccc1. The summed E-state index contributed by atoms with van der Waals surface area (Å²) in [6.07, 6.45) is 0.971. The number of benzene rings is 1. The normalized spacial score (nSPS) is 9.54. The highest BCUT2D eigenvalue weighted by molar-refractivity contribution is 6.36. The van der Waals surface area contributed by atoms with Gasteiger partial charge < -0.3 is 5.73 Å². The van der Waals surface area contributed by atoms with Crippen LogP contribution in [-0.2, 0) is 11.2 Å². The third kappa shape index (κ3) is 3.07. The van der Waals surface area contributed by atoms with Crippen LogP contribution >= 0.6 is 0 Å². The maximum absolute atomic E-state index is 11.0. The Kier molecular flexibility index (Phi) is 3.20. The molecule has 1 aromatic carbocycles. The second kappa shape index (κ2) is 4.40. The van der Waals surface area contributed by atoms with Crippen molar-refractivity contribution in [3.63, 3.8) is 0 Å². The quantitative estimate of drug-likeness (QED) is 0.533. The lowest BCUT2D eigenvalue weighted by atomic mass is 10.1. The van der Waals surface area contributed by atoms with E-state index in [1.165, 1.54) is 0 Å². The highest BCUT2D eigenvalue weighted by Crippen LogP contribution is 2.02. The first-order chi connectivity index (χ1) is 6.20. The van der Waals surface area contributed by atoms with Gasteiger partial charge in [0.1, 0.15) is 0 Å². The molecule has 0 spiro atoms. The minimum absolute atomic E-state index is 0.288. The van der Waals surface area contributed by atoms with Gasteiger partial charge in [0.2, 0.25) is 0 Å². The zero-order chi connectivity index (χ0) is 9.68. The Bertz CT molecular complexity index is 306. The summed E-state index contributed by atoms with van der Waals surface area (Å²) in [6, 6.07) is 9.68. The van der Waals surface area contributed by atoms with Gasteiger partial charge >= 0.3 is 0 Å². The third-order valence-electron chi connectivity index (χ3n) is 1.78. The van der Waals surface area contributed by atoms with Gasteiger partial charge in [-0.1, -0.05) is 30.3 Å². The van der Waals surface area contributed by atoms with Crippen molar-refractivity contribution < 1.29 is 4.79 Å². The van der Waals surface area contributed by atoms with Crippen LogP contribution in [0.4, 0.5) is 0 Å². The largest absolute Gasteiger partial charge is 0.381 e. The molecule has 0 aliphatic rings. The van der Waals surface area contributed by atoms with Crippen LogP contribution in [0.15, 0.2) is 30.3 Å². The first-order valence-electron chi connectivity index (χ1n) is 4.11. The molecule has 0 saturated carbocycles. The first-order valence-corrected chi connectivity index (χ1v) is 4.11. The summed E-state index contributed by atoms with van der Waals surface area (Å²) in [6.45, 7) is 0. The Morgan fingerprint density at radius 3 is 2.46 bits per heavy atom. The molecular weight excluding hydrogens is 164 g/mol. The van der Waals surface area contributed by atoms with Gasteiger partial charge in [0, 0.05) is 6.42 Å². The predicted molar refractivity (Wildman–Crippen MR) is 51.7 cm³/mol. The monoisotopic (exact) mass is 176 g/mol. The molecule has 0 fully saturated rings. The molecule has 13 heavy (non-hydrogen) atoms. The van der Waals surface area contributed by atoms with Crippen molar-refractivity contribution in [1.29, 1.82) is 5.41 Å². The number of aryl methyl sites for hydroxylation is 1. The van der Waals surface area contributed by atoms with Gasteiger partial charge in [-0.25, -0.2) is 0 Å². The Balaban J connectivity index is 2.44. The van der Waals surface area contributed by atoms with Crippen LogP contribution in [0.1, 0.15) is 12.0 Å². The molecule has 0 radical (unpaired) electrons. The summed E-state index contributed by atoms with van der Waals surface area (Å²) in [4.78, 5) is 11.0. The summed E-state index contributed by atoms with van der Waals surface area (Å²) in [5.41, 5.74) is 6.13. The fraction of sp³-hybridized carbons (Fsp3) is 0.200. The average molecular weight is 176 g/mol. The summed E-state index contributed by atoms with van der Waals surface area (Å²) >= 11 is 0. The van der Waals surface area contributed by atoms with Crippen LogP contribution in [0, 0.1) is 5.41 Å². The fourth-order valence-electron chi connectivity index (χ4n) is 1.04. The number of carbonyl (C=O) groups excluding carboxylic acids is 1. The van der Waals surface area contributed by atoms with Gasteiger partial charge in [-0.3, -0.25) is 10.2 Å². The average Bonchev–Trinajstić information content (AvgIpc) is 2.15. The van der Waals surface area contributed by atoms with Gasteiger partial charge in [0.25, 0.3) is 0 Å². The number of nitrogens with one attached hydrogen (secondary N) is 1. The Morgan fingerprint density at radius 1 is 1.31 bits per heavy atom. The Morgan fingerprint density at radius 2 is 1.92 bits per heavy atom. The molecule has 1 rings (SSSR count). The number of hydrogen-bond donors (Lipinski definition) is 2. The highest BCUT2D eigenvalue weighted by atomic mass is 16.1. The van der Waals surface area contributed by atoms with Crippen LogP contribution in [0.5, 0.6) is 0 Å². The number of ketones is 1. The molecule has 0 bridgehead atoms. The first kappa shape index (κ1) is 9.45. The lowest BCUT2D eigenvalue weighted by Gasteiger charge is -1.98. The maximum atomic E-state index is 11.0. The van der Waals surface area contributed by atoms with E-state index < -0.39 is 0 Å². The summed E-state index contributed by atoms with van der Waals surface area (Å²) < 4.78 is 0. The number of Topliss-reactive ketones (excluding diaryl/α,β-unsaturated/α-hetero) is 1. The third-order valence-corrected chi connectivity index (χ3v) is 1.78. The number of hydrogen-bond acceptors (Lipinski definition) is 2. The zero-order valence-corrected chi connectivity index (χ0v) is 7.29. The molecule has 1 aromatic rings. The van der Waals surface area contributed by atoms with Crippen molar-refractivity contribution in [1.82, 2.24) is 0 Å². The van der Waals surface area contributed by atoms with Gasteiger partial charge in [-0.2, -0.15) is 0 Å². The van der Waals surface area contributed by atoms with Crippen molar-refractivity contribution in [2.24, 2.45) is 5.73 Å². The van der Waals surface area contributed by atoms with E-state index in [0.29, 0.717) is 12.8 Å². The van der Waals surface area contributed by atoms with Crippen LogP contribution in [0.2, 0.25) is 0 Å². The minimum Gasteiger partial charge on any atom is -0.381 e. The van der Waals surface area contributed by atoms with Crippen molar-refractivity contribution in [3.05, 3.63) is 35.9 Å². The van der Waals surface area contributed by atoms with E-state index >= 15 is 0 Å². The van der Waals surface area contributed by atoms with Crippen LogP contribution in [-0.4, -0.2) is 11.6 Å². The number of nitrogens with two attached hydrogens (primary N) is 1. The van der Waals surface area contributed by atoms with Crippen molar-refractivity contribution in [2.75, 3.05) is 0 Å². The summed E-state index contributed by atoms with van der Waals surface area (Å²) in [5, 5.41) is 6.89. The molecular formula is C10H12N2O. The molecule has 0 aliphatic heterocycles. The minimum atomic E-state index is -0.351. The molecule has 0 unspecified atom stereocenters. The second-order valence-electron chi connectivity index (χ2n) is 2.82. The van der Waals surface area contributed by atoms with Crippen LogP contribution in [0.3, 0.4) is 0 Å². The van der Waals surface area contributed by atoms with E-state index in [4.69, 9.17) is 11.1 Å². The molecule has 3 N–H and O–H groups in total. The van der Waals surface area contributed by atoms with E-state index in [0.717, 1.165) is 5.56 Å². The summed E-state index contributed by atoms with van der Waals surface area (Å²) in [7, 11) is 0. The Labute approximate surface area is 77.1 Å². The molecule has 0 aromatic heterocycles. The zero-order valence-electron chi connectivity index (χ0n) is 7.29. The predicted octanol–water partition coefficient (Wildman–Crippen LogP) is 1.12. The molecule has 0 atom stereocenters. The maximum Gasteiger partial charge on any atom is 0.197 e. The molecule has 0 saturated heterocycles. The molecule has 3 heteroatoms. The van der Waals surface area contributed by atoms with Crippen molar-refractivity contribution in [3.8, 4) is 0 Å². The molecule has 68 valence electrons. The fourth-order valence-corrected chi connectivity index (χ4v) is 1.04. The Hall–Kier alpha value is -1.64. The number of rotatable bonds is 4. The van der Waals surface area contributed by atoms with E-state index in [1.807, 2.05) is 30.3 Å². The standard InChI is InChI=1S/C10H12N2O/c11-10(12)9(13)7-6-8-4-2-1-3-5-8/h1-5H,6-7H2,(H3,11,12). The smallest absolute Gasteiger partial charge is 0.197 e. The van der Waals surface area contributed by atoms with Crippen LogP contribution in [0.25, 0.3) is 0 Å². The number of amidine groups is 1. The van der Waals surface area contributed by atoms with Gasteiger partial charge in [0.05, 0.1) is 0 Å². The van der Waals surface area contributed by atoms with Gasteiger partial charge in [0.15, 0.2) is 11.6 Å². The van der Waals surface area contributed by atoms with E-state index in [2.05, 4.69) is 0 Å². The van der Waals surface area contributed by atoms with E-state index in [-0.39, 0.29) is 11.6 Å². The molecule has 0 amide bonds. The molecule has 0 aliphatic carbocycles. The van der Waals surface area contributed by atoms with Gasteiger partial charge in [-0.15, -0.1) is 0 Å². The van der Waals surface area contributed by atoms with Crippen molar-refractivity contribution in [2.45, 2.75) is 12.8 Å². The second-order valence-corrected chi connectivity index (χ2v) is 2.82. The number of carbonyl (C=O) groups is 1. The van der Waals surface area contributed by atoms with E-state index in [1.54, 1.807) is 0 Å². The topological polar surface area (TPSA) is 66.9 Å². The van der Waals surface area contributed by atoms with Crippen LogP contribution < -0.4 is 5.73 Å². The summed E-state index contributed by atoms with van der Waals surface area (Å²) in [5.74, 6) is -0.639. The highest BCUT2D eigenvalue weighted by Gasteiger charge is 2.04. The lowest BCUT2D eigenvalue weighted by Crippen LogP contribution is -2.22. The van der Waals surface area contributed by atoms with Crippen molar-refractivity contribution >= 4 is 11.6 Å².